The molecule has 0 aliphatic carbocycles. The maximum atomic E-state index is 13.0. The van der Waals surface area contributed by atoms with E-state index in [0.29, 0.717) is 23.2 Å². The molecule has 0 radical (unpaired) electrons. The van der Waals surface area contributed by atoms with E-state index in [-0.39, 0.29) is 18.3 Å². The SMILES string of the molecule is CC(C)N1CCC(Oc2cc(C(=O)Cc3cc4cc(-c5cnn(C)c5)cnc4cn3)ccn2)CC1. The zero-order valence-corrected chi connectivity index (χ0v) is 20.4. The van der Waals surface area contributed by atoms with Crippen molar-refractivity contribution >= 4 is 16.7 Å². The van der Waals surface area contributed by atoms with Gasteiger partial charge in [0.05, 0.1) is 24.3 Å². The first-order valence-corrected chi connectivity index (χ1v) is 12.1. The van der Waals surface area contributed by atoms with Gasteiger partial charge in [0.25, 0.3) is 0 Å². The number of ether oxygens (including phenoxy) is 1. The second-order valence-electron chi connectivity index (χ2n) is 9.42. The molecule has 1 aliphatic rings. The molecule has 5 heterocycles. The van der Waals surface area contributed by atoms with Gasteiger partial charge in [0.2, 0.25) is 5.88 Å². The zero-order valence-electron chi connectivity index (χ0n) is 20.4. The average molecular weight is 471 g/mol. The van der Waals surface area contributed by atoms with Gasteiger partial charge in [-0.1, -0.05) is 0 Å². The lowest BCUT2D eigenvalue weighted by atomic mass is 10.0. The molecule has 8 heteroatoms. The molecule has 8 nitrogen and oxygen atoms in total. The summed E-state index contributed by atoms with van der Waals surface area (Å²) in [6.07, 6.45) is 11.2. The summed E-state index contributed by atoms with van der Waals surface area (Å²) in [7, 11) is 1.89. The van der Waals surface area contributed by atoms with E-state index < -0.39 is 0 Å². The molecule has 1 saturated heterocycles. The van der Waals surface area contributed by atoms with E-state index in [1.54, 1.807) is 29.2 Å². The van der Waals surface area contributed by atoms with Crippen LogP contribution in [0.4, 0.5) is 0 Å². The van der Waals surface area contributed by atoms with Crippen molar-refractivity contribution in [2.75, 3.05) is 13.1 Å². The lowest BCUT2D eigenvalue weighted by Gasteiger charge is -2.34. The highest BCUT2D eigenvalue weighted by Gasteiger charge is 2.22. The molecule has 0 saturated carbocycles. The number of aryl methyl sites for hydroxylation is 1. The van der Waals surface area contributed by atoms with Crippen molar-refractivity contribution < 1.29 is 9.53 Å². The Morgan fingerprint density at radius 2 is 1.89 bits per heavy atom. The van der Waals surface area contributed by atoms with E-state index in [1.807, 2.05) is 31.7 Å². The number of Topliss-reactive ketones (excluding diaryl/α,β-unsaturated/α-hetero) is 1. The normalized spacial score (nSPS) is 15.1. The number of nitrogens with zero attached hydrogens (tertiary/aromatic N) is 6. The molecule has 0 atom stereocenters. The molecule has 0 spiro atoms. The van der Waals surface area contributed by atoms with Crippen LogP contribution in [-0.4, -0.2) is 60.7 Å². The van der Waals surface area contributed by atoms with Crippen molar-refractivity contribution in [1.82, 2.24) is 29.6 Å². The maximum Gasteiger partial charge on any atom is 0.214 e. The van der Waals surface area contributed by atoms with Crippen LogP contribution < -0.4 is 4.74 Å². The van der Waals surface area contributed by atoms with E-state index in [1.165, 1.54) is 0 Å². The van der Waals surface area contributed by atoms with Crippen LogP contribution in [0.1, 0.15) is 42.7 Å². The topological polar surface area (TPSA) is 86.0 Å². The smallest absolute Gasteiger partial charge is 0.214 e. The number of fused-ring (bicyclic) bond motifs is 1. The number of hydrogen-bond donors (Lipinski definition) is 0. The summed E-state index contributed by atoms with van der Waals surface area (Å²) in [5, 5.41) is 5.17. The maximum absolute atomic E-state index is 13.0. The Hall–Kier alpha value is -3.65. The Morgan fingerprint density at radius 1 is 1.06 bits per heavy atom. The van der Waals surface area contributed by atoms with Crippen LogP contribution in [0.3, 0.4) is 0 Å². The fraction of sp³-hybridized carbons (Fsp3) is 0.370. The van der Waals surface area contributed by atoms with Crippen LogP contribution in [0, 0.1) is 0 Å². The van der Waals surface area contributed by atoms with Crippen LogP contribution in [0.25, 0.3) is 22.0 Å². The van der Waals surface area contributed by atoms with Gasteiger partial charge in [0.15, 0.2) is 5.78 Å². The van der Waals surface area contributed by atoms with Crippen molar-refractivity contribution in [3.63, 3.8) is 0 Å². The Kier molecular flexibility index (Phi) is 6.55. The highest BCUT2D eigenvalue weighted by Crippen LogP contribution is 2.23. The third kappa shape index (κ3) is 5.38. The van der Waals surface area contributed by atoms with Gasteiger partial charge in [-0.3, -0.25) is 19.4 Å². The van der Waals surface area contributed by atoms with E-state index >= 15 is 0 Å². The number of likely N-dealkylation sites (tertiary alicyclic amines) is 1. The third-order valence-electron chi connectivity index (χ3n) is 6.56. The van der Waals surface area contributed by atoms with Crippen molar-refractivity contribution in [3.05, 3.63) is 66.5 Å². The number of ketones is 1. The number of pyridine rings is 3. The molecule has 1 fully saturated rings. The molecule has 0 bridgehead atoms. The monoisotopic (exact) mass is 470 g/mol. The van der Waals surface area contributed by atoms with E-state index in [0.717, 1.165) is 48.0 Å². The number of aromatic nitrogens is 5. The molecular weight excluding hydrogens is 440 g/mol. The largest absolute Gasteiger partial charge is 0.474 e. The molecule has 0 N–H and O–H groups in total. The average Bonchev–Trinajstić information content (AvgIpc) is 3.30. The number of hydrogen-bond acceptors (Lipinski definition) is 7. The molecule has 4 aromatic heterocycles. The van der Waals surface area contributed by atoms with Gasteiger partial charge in [-0.25, -0.2) is 4.98 Å². The first kappa shape index (κ1) is 23.1. The van der Waals surface area contributed by atoms with Gasteiger partial charge >= 0.3 is 0 Å². The van der Waals surface area contributed by atoms with Crippen LogP contribution in [-0.2, 0) is 13.5 Å². The minimum absolute atomic E-state index is 0.0184. The summed E-state index contributed by atoms with van der Waals surface area (Å²) in [6, 6.07) is 8.02. The standard InChI is InChI=1S/C27H30N6O2/c1-18(2)33-8-5-24(6-9-33)35-27-12-19(4-7-28-27)26(34)13-23-11-20-10-21(14-30-25(20)16-29-23)22-15-31-32(3)17-22/h4,7,10-12,14-18,24H,5-6,8-9,13H2,1-3H3. The van der Waals surface area contributed by atoms with Crippen LogP contribution in [0.5, 0.6) is 5.88 Å². The molecule has 5 rings (SSSR count). The zero-order chi connectivity index (χ0) is 24.4. The van der Waals surface area contributed by atoms with Gasteiger partial charge in [-0.2, -0.15) is 5.10 Å². The molecule has 0 aromatic carbocycles. The number of rotatable bonds is 7. The summed E-state index contributed by atoms with van der Waals surface area (Å²) in [4.78, 5) is 28.8. The van der Waals surface area contributed by atoms with Gasteiger partial charge in [-0.15, -0.1) is 0 Å². The van der Waals surface area contributed by atoms with Crippen molar-refractivity contribution in [3.8, 4) is 17.0 Å². The van der Waals surface area contributed by atoms with Crippen molar-refractivity contribution in [1.29, 1.82) is 0 Å². The Labute approximate surface area is 205 Å². The Morgan fingerprint density at radius 3 is 2.63 bits per heavy atom. The van der Waals surface area contributed by atoms with Gasteiger partial charge in [-0.05, 0) is 44.9 Å². The highest BCUT2D eigenvalue weighted by atomic mass is 16.5. The molecule has 0 amide bonds. The summed E-state index contributed by atoms with van der Waals surface area (Å²) in [5.74, 6) is 0.491. The van der Waals surface area contributed by atoms with Crippen LogP contribution >= 0.6 is 0 Å². The second-order valence-corrected chi connectivity index (χ2v) is 9.42. The minimum atomic E-state index is -0.0184. The third-order valence-corrected chi connectivity index (χ3v) is 6.56. The number of carbonyl (C=O) groups is 1. The summed E-state index contributed by atoms with van der Waals surface area (Å²) in [6.45, 7) is 6.48. The van der Waals surface area contributed by atoms with E-state index in [2.05, 4.69) is 44.9 Å². The van der Waals surface area contributed by atoms with Crippen LogP contribution in [0.2, 0.25) is 0 Å². The Balaban J connectivity index is 1.27. The molecule has 180 valence electrons. The van der Waals surface area contributed by atoms with Crippen LogP contribution in [0.15, 0.2) is 55.2 Å². The second kappa shape index (κ2) is 9.92. The Bertz CT molecular complexity index is 1340. The molecule has 4 aromatic rings. The minimum Gasteiger partial charge on any atom is -0.474 e. The highest BCUT2D eigenvalue weighted by molar-refractivity contribution is 5.98. The molecular formula is C27H30N6O2. The predicted octanol–water partition coefficient (Wildman–Crippen LogP) is 4.10. The van der Waals surface area contributed by atoms with E-state index in [4.69, 9.17) is 4.74 Å². The van der Waals surface area contributed by atoms with Gasteiger partial charge < -0.3 is 9.64 Å². The molecule has 35 heavy (non-hydrogen) atoms. The van der Waals surface area contributed by atoms with Gasteiger partial charge in [0, 0.05) is 78.6 Å². The fourth-order valence-corrected chi connectivity index (χ4v) is 4.50. The van der Waals surface area contributed by atoms with Crippen molar-refractivity contribution in [2.24, 2.45) is 7.05 Å². The number of carbonyl (C=O) groups excluding carboxylic acids is 1. The van der Waals surface area contributed by atoms with Crippen molar-refractivity contribution in [2.45, 2.75) is 45.3 Å². The first-order valence-electron chi connectivity index (χ1n) is 12.1. The lowest BCUT2D eigenvalue weighted by Crippen LogP contribution is -2.41. The first-order chi connectivity index (χ1) is 16.9. The fourth-order valence-electron chi connectivity index (χ4n) is 4.50. The van der Waals surface area contributed by atoms with Gasteiger partial charge in [0.1, 0.15) is 6.10 Å². The summed E-state index contributed by atoms with van der Waals surface area (Å²) in [5.41, 5.74) is 4.04. The summed E-state index contributed by atoms with van der Waals surface area (Å²) < 4.78 is 7.88. The molecule has 1 aliphatic heterocycles. The quantitative estimate of drug-likeness (QED) is 0.376. The summed E-state index contributed by atoms with van der Waals surface area (Å²) >= 11 is 0. The van der Waals surface area contributed by atoms with E-state index in [9.17, 15) is 4.79 Å². The lowest BCUT2D eigenvalue weighted by molar-refractivity contribution is 0.0809. The predicted molar refractivity (Wildman–Crippen MR) is 134 cm³/mol. The number of piperidine rings is 1. The molecule has 0 unspecified atom stereocenters.